The number of aliphatic hydroxyl groups is 2. The minimum absolute atomic E-state index is 0.0407. The fraction of sp³-hybridized carbons (Fsp3) is 0.564. The van der Waals surface area contributed by atoms with E-state index < -0.39 is 23.8 Å². The summed E-state index contributed by atoms with van der Waals surface area (Å²) in [5, 5.41) is 24.8. The minimum Gasteiger partial charge on any atom is -0.489 e. The molecule has 6 atom stereocenters. The van der Waals surface area contributed by atoms with E-state index in [1.807, 2.05) is 48.5 Å². The van der Waals surface area contributed by atoms with E-state index >= 15 is 0 Å². The van der Waals surface area contributed by atoms with Crippen molar-refractivity contribution in [3.05, 3.63) is 120 Å². The Hall–Kier alpha value is -4.71. The number of carbonyl (C=O) groups excluding carboxylic acids is 1. The van der Waals surface area contributed by atoms with Gasteiger partial charge in [-0.1, -0.05) is 143 Å². The van der Waals surface area contributed by atoms with Crippen LogP contribution in [0.1, 0.15) is 139 Å². The quantitative estimate of drug-likeness (QED) is 0.0401. The number of hydrogen-bond donors (Lipinski definition) is 2. The molecule has 0 radical (unpaired) electrons. The molecule has 10 nitrogen and oxygen atoms in total. The van der Waals surface area contributed by atoms with Gasteiger partial charge < -0.3 is 38.9 Å². The van der Waals surface area contributed by atoms with Crippen molar-refractivity contribution in [2.24, 2.45) is 22.9 Å². The van der Waals surface area contributed by atoms with Crippen molar-refractivity contribution in [2.75, 3.05) is 33.5 Å². The van der Waals surface area contributed by atoms with Crippen LogP contribution in [0.2, 0.25) is 0 Å². The van der Waals surface area contributed by atoms with Gasteiger partial charge in [0.05, 0.1) is 24.8 Å². The maximum atomic E-state index is 14.8. The number of ether oxygens (including phenoxy) is 4. The van der Waals surface area contributed by atoms with Crippen LogP contribution >= 0.6 is 0 Å². The molecule has 11 heteroatoms. The smallest absolute Gasteiger partial charge is 0.409 e. The van der Waals surface area contributed by atoms with E-state index in [2.05, 4.69) is 19.6 Å². The molecule has 3 aromatic rings. The van der Waals surface area contributed by atoms with E-state index in [9.17, 15) is 19.4 Å². The van der Waals surface area contributed by atoms with Crippen LogP contribution in [0.25, 0.3) is 0 Å². The van der Waals surface area contributed by atoms with E-state index in [4.69, 9.17) is 28.9 Å². The molecular formula is C55H75FN2O8. The fourth-order valence-corrected chi connectivity index (χ4v) is 10.3. The molecule has 1 fully saturated rings. The summed E-state index contributed by atoms with van der Waals surface area (Å²) in [5.41, 5.74) is 4.00. The van der Waals surface area contributed by atoms with Crippen molar-refractivity contribution in [1.29, 1.82) is 0 Å². The number of amides is 1. The molecule has 1 saturated carbocycles. The van der Waals surface area contributed by atoms with Crippen molar-refractivity contribution in [1.82, 2.24) is 4.90 Å². The maximum absolute atomic E-state index is 14.8. The number of allylic oxidation sites excluding steroid dienone is 1. The van der Waals surface area contributed by atoms with Crippen LogP contribution in [-0.2, 0) is 27.5 Å². The standard InChI is InChI=1S/C55H75FN2O8/c1-4-6-7-8-9-10-11-12-13-23-35-62-54(61)58(3)51-38-49(57-65-39-41-24-15-14-16-25-41)46-36-42(26-19-21-32-59)45(28-20-22-33-60)52-47-37-44(63-40-43-27-17-18-29-48(43)56)30-31-50(47)66-55(51,53(46)52)64-34-5-2/h5,14-18,24-25,27,29-31,36-37,42,45,51-53,59-60H,2,4,6-13,19-23,26,28,32-35,38-40H2,1,3H3. The number of nitrogens with zero attached hydrogens (tertiary/aromatic N) is 2. The van der Waals surface area contributed by atoms with E-state index in [-0.39, 0.29) is 63.0 Å². The van der Waals surface area contributed by atoms with Gasteiger partial charge >= 0.3 is 6.09 Å². The molecule has 0 bridgehead atoms. The number of hydrogen-bond acceptors (Lipinski definition) is 9. The molecule has 1 aliphatic heterocycles. The summed E-state index contributed by atoms with van der Waals surface area (Å²) in [6.45, 7) is 7.23. The Labute approximate surface area is 393 Å². The molecule has 6 unspecified atom stereocenters. The van der Waals surface area contributed by atoms with E-state index in [0.29, 0.717) is 42.2 Å². The lowest BCUT2D eigenvalue weighted by Gasteiger charge is -2.59. The van der Waals surface area contributed by atoms with Gasteiger partial charge in [-0.3, -0.25) is 0 Å². The number of oxime groups is 1. The van der Waals surface area contributed by atoms with Gasteiger partial charge in [0.1, 0.15) is 36.6 Å². The molecule has 0 spiro atoms. The molecule has 3 aromatic carbocycles. The van der Waals surface area contributed by atoms with Crippen LogP contribution in [0.5, 0.6) is 11.5 Å². The first-order chi connectivity index (χ1) is 32.3. The second kappa shape index (κ2) is 26.6. The summed E-state index contributed by atoms with van der Waals surface area (Å²) in [6, 6.07) is 21.6. The predicted molar refractivity (Wildman–Crippen MR) is 258 cm³/mol. The monoisotopic (exact) mass is 911 g/mol. The highest BCUT2D eigenvalue weighted by atomic mass is 19.1. The summed E-state index contributed by atoms with van der Waals surface area (Å²) in [4.78, 5) is 22.1. The molecule has 66 heavy (non-hydrogen) atoms. The highest BCUT2D eigenvalue weighted by Crippen LogP contribution is 2.62. The van der Waals surface area contributed by atoms with Crippen molar-refractivity contribution in [3.63, 3.8) is 0 Å². The zero-order chi connectivity index (χ0) is 46.6. The Morgan fingerprint density at radius 3 is 2.29 bits per heavy atom. The van der Waals surface area contributed by atoms with E-state index in [0.717, 1.165) is 61.6 Å². The van der Waals surface area contributed by atoms with Crippen LogP contribution in [-0.4, -0.2) is 72.2 Å². The summed E-state index contributed by atoms with van der Waals surface area (Å²) in [7, 11) is 1.76. The SMILES string of the molecule is C=CCOC12Oc3ccc(OCc4ccccc4F)cc3C3C(CCCCO)C(CCCCO)C=C(C(=NOCc4ccccc4)CC1N(C)C(=O)OCCCCCCCCCCCC)C32. The van der Waals surface area contributed by atoms with Crippen LogP contribution in [0.4, 0.5) is 9.18 Å². The van der Waals surface area contributed by atoms with Gasteiger partial charge in [-0.25, -0.2) is 9.18 Å². The first kappa shape index (κ1) is 50.7. The number of benzene rings is 3. The zero-order valence-electron chi connectivity index (χ0n) is 39.6. The highest BCUT2D eigenvalue weighted by Gasteiger charge is 2.65. The van der Waals surface area contributed by atoms with Crippen molar-refractivity contribution in [2.45, 2.75) is 147 Å². The first-order valence-corrected chi connectivity index (χ1v) is 24.8. The van der Waals surface area contributed by atoms with Crippen LogP contribution in [0.3, 0.4) is 0 Å². The molecule has 1 heterocycles. The third-order valence-electron chi connectivity index (χ3n) is 13.7. The lowest BCUT2D eigenvalue weighted by atomic mass is 9.55. The molecule has 2 N–H and O–H groups in total. The molecule has 6 rings (SSSR count). The Bertz CT molecular complexity index is 2010. The van der Waals surface area contributed by atoms with Gasteiger partial charge in [-0.15, -0.1) is 6.58 Å². The van der Waals surface area contributed by atoms with Gasteiger partial charge in [0, 0.05) is 43.7 Å². The number of fused-ring (bicyclic) bond motifs is 2. The molecule has 360 valence electrons. The van der Waals surface area contributed by atoms with Gasteiger partial charge in [0.15, 0.2) is 0 Å². The number of aliphatic hydroxyl groups excluding tert-OH is 2. The number of carbonyl (C=O) groups is 1. The molecule has 0 saturated heterocycles. The number of halogens is 1. The van der Waals surface area contributed by atoms with Gasteiger partial charge in [0.2, 0.25) is 5.79 Å². The predicted octanol–water partition coefficient (Wildman–Crippen LogP) is 12.2. The molecule has 1 amide bonds. The van der Waals surface area contributed by atoms with E-state index in [1.54, 1.807) is 36.2 Å². The largest absolute Gasteiger partial charge is 0.489 e. The number of likely N-dealkylation sites (N-methyl/N-ethyl adjacent to an activating group) is 1. The third-order valence-corrected chi connectivity index (χ3v) is 13.7. The Kier molecular flexibility index (Phi) is 20.4. The number of rotatable bonds is 29. The second-order valence-corrected chi connectivity index (χ2v) is 18.3. The number of unbranched alkanes of at least 4 members (excludes halogenated alkanes) is 11. The molecular weight excluding hydrogens is 836 g/mol. The Balaban J connectivity index is 1.38. The topological polar surface area (TPSA) is 119 Å². The van der Waals surface area contributed by atoms with E-state index in [1.165, 1.54) is 51.0 Å². The van der Waals surface area contributed by atoms with Crippen LogP contribution in [0, 0.1) is 23.6 Å². The van der Waals surface area contributed by atoms with Crippen molar-refractivity contribution < 1.29 is 43.2 Å². The van der Waals surface area contributed by atoms with Gasteiger partial charge in [-0.2, -0.15) is 0 Å². The normalized spacial score (nSPS) is 22.4. The Morgan fingerprint density at radius 2 is 1.58 bits per heavy atom. The maximum Gasteiger partial charge on any atom is 0.409 e. The van der Waals surface area contributed by atoms with Gasteiger partial charge in [0.25, 0.3) is 0 Å². The Morgan fingerprint density at radius 1 is 0.879 bits per heavy atom. The fourth-order valence-electron chi connectivity index (χ4n) is 10.3. The third kappa shape index (κ3) is 13.3. The molecule has 3 aliphatic rings. The zero-order valence-corrected chi connectivity index (χ0v) is 39.6. The summed E-state index contributed by atoms with van der Waals surface area (Å²) in [5.74, 6) is -1.15. The summed E-state index contributed by atoms with van der Waals surface area (Å²) in [6.07, 6.45) is 20.2. The van der Waals surface area contributed by atoms with Crippen LogP contribution < -0.4 is 9.47 Å². The lowest BCUT2D eigenvalue weighted by molar-refractivity contribution is -0.253. The summed E-state index contributed by atoms with van der Waals surface area (Å²) >= 11 is 0. The summed E-state index contributed by atoms with van der Waals surface area (Å²) < 4.78 is 41.4. The lowest BCUT2D eigenvalue weighted by Crippen LogP contribution is -2.69. The van der Waals surface area contributed by atoms with Crippen LogP contribution in [0.15, 0.2) is 102 Å². The first-order valence-electron chi connectivity index (χ1n) is 24.8. The minimum atomic E-state index is -1.40. The average molecular weight is 911 g/mol. The second-order valence-electron chi connectivity index (χ2n) is 18.3. The van der Waals surface area contributed by atoms with Crippen molar-refractivity contribution >= 4 is 11.8 Å². The van der Waals surface area contributed by atoms with Crippen molar-refractivity contribution in [3.8, 4) is 11.5 Å². The average Bonchev–Trinajstić information content (AvgIpc) is 3.33. The molecule has 0 aromatic heterocycles. The molecule has 2 aliphatic carbocycles. The highest BCUT2D eigenvalue weighted by molar-refractivity contribution is 6.02. The van der Waals surface area contributed by atoms with Gasteiger partial charge in [-0.05, 0) is 79.3 Å².